The maximum atomic E-state index is 14.7. The molecule has 2 N–H and O–H groups in total. The van der Waals surface area contributed by atoms with E-state index < -0.39 is 5.82 Å². The summed E-state index contributed by atoms with van der Waals surface area (Å²) in [7, 11) is 0. The van der Waals surface area contributed by atoms with Crippen LogP contribution in [0.5, 0.6) is 0 Å². The summed E-state index contributed by atoms with van der Waals surface area (Å²) in [6.45, 7) is 1.24. The van der Waals surface area contributed by atoms with Gasteiger partial charge in [0.25, 0.3) is 0 Å². The fourth-order valence-corrected chi connectivity index (χ4v) is 3.96. The van der Waals surface area contributed by atoms with Gasteiger partial charge in [-0.05, 0) is 18.6 Å². The monoisotopic (exact) mass is 450 g/mol. The zero-order valence-corrected chi connectivity index (χ0v) is 17.3. The van der Waals surface area contributed by atoms with E-state index in [1.54, 1.807) is 24.5 Å². The van der Waals surface area contributed by atoms with E-state index in [2.05, 4.69) is 25.4 Å². The second-order valence-corrected chi connectivity index (χ2v) is 7.77. The maximum absolute atomic E-state index is 14.7. The largest absolute Gasteiger partial charge is 0.391 e. The molecule has 0 aliphatic carbocycles. The summed E-state index contributed by atoms with van der Waals surface area (Å²) in [5, 5.41) is 26.9. The first-order chi connectivity index (χ1) is 15.5. The highest BCUT2D eigenvalue weighted by Gasteiger charge is 2.22. The molecule has 1 aliphatic heterocycles. The lowest BCUT2D eigenvalue weighted by Gasteiger charge is -2.17. The molecule has 0 bridgehead atoms. The molecule has 0 radical (unpaired) electrons. The average molecular weight is 451 g/mol. The molecular formula is C21H16ClFN8O. The second kappa shape index (κ2) is 8.03. The first-order valence-corrected chi connectivity index (χ1v) is 10.1. The number of anilines is 3. The summed E-state index contributed by atoms with van der Waals surface area (Å²) < 4.78 is 16.1. The van der Waals surface area contributed by atoms with E-state index in [9.17, 15) is 9.50 Å². The summed E-state index contributed by atoms with van der Waals surface area (Å²) in [4.78, 5) is 14.9. The molecule has 1 aliphatic rings. The Morgan fingerprint density at radius 2 is 2.00 bits per heavy atom. The minimum atomic E-state index is -0.654. The van der Waals surface area contributed by atoms with Crippen LogP contribution in [0.2, 0.25) is 5.02 Å². The number of hydrogen-bond donors (Lipinski definition) is 2. The van der Waals surface area contributed by atoms with Crippen LogP contribution in [0.15, 0.2) is 43.0 Å². The fourth-order valence-electron chi connectivity index (χ4n) is 3.67. The molecule has 0 spiro atoms. The Balaban J connectivity index is 1.48. The Morgan fingerprint density at radius 1 is 1.16 bits per heavy atom. The third kappa shape index (κ3) is 3.68. The molecular weight excluding hydrogens is 435 g/mol. The highest BCUT2D eigenvalue weighted by molar-refractivity contribution is 6.32. The number of fused-ring (bicyclic) bond motifs is 1. The maximum Gasteiger partial charge on any atom is 0.151 e. The lowest BCUT2D eigenvalue weighted by Crippen LogP contribution is -2.22. The van der Waals surface area contributed by atoms with Crippen molar-refractivity contribution in [2.75, 3.05) is 23.3 Å². The van der Waals surface area contributed by atoms with Gasteiger partial charge in [-0.3, -0.25) is 0 Å². The molecule has 1 fully saturated rings. The minimum Gasteiger partial charge on any atom is -0.391 e. The van der Waals surface area contributed by atoms with Gasteiger partial charge in [0.05, 0.1) is 34.5 Å². The van der Waals surface area contributed by atoms with Crippen LogP contribution in [0.25, 0.3) is 16.6 Å². The van der Waals surface area contributed by atoms with Gasteiger partial charge in [-0.15, -0.1) is 0 Å². The molecule has 32 heavy (non-hydrogen) atoms. The summed E-state index contributed by atoms with van der Waals surface area (Å²) in [6, 6.07) is 7.87. The Kier molecular flexibility index (Phi) is 5.05. The van der Waals surface area contributed by atoms with Crippen LogP contribution in [-0.4, -0.2) is 49.0 Å². The normalized spacial score (nSPS) is 15.8. The third-order valence-electron chi connectivity index (χ3n) is 5.21. The third-order valence-corrected chi connectivity index (χ3v) is 5.49. The zero-order valence-electron chi connectivity index (χ0n) is 16.6. The van der Waals surface area contributed by atoms with Crippen molar-refractivity contribution in [3.63, 3.8) is 0 Å². The Hall–Kier alpha value is -3.81. The topological polar surface area (TPSA) is 116 Å². The lowest BCUT2D eigenvalue weighted by molar-refractivity contribution is 0.198. The van der Waals surface area contributed by atoms with Crippen molar-refractivity contribution in [1.29, 1.82) is 5.26 Å². The van der Waals surface area contributed by atoms with Crippen LogP contribution in [0.3, 0.4) is 0 Å². The Bertz CT molecular complexity index is 1340. The Labute approximate surface area is 186 Å². The molecule has 160 valence electrons. The van der Waals surface area contributed by atoms with E-state index in [-0.39, 0.29) is 22.4 Å². The van der Waals surface area contributed by atoms with Crippen LogP contribution in [-0.2, 0) is 0 Å². The number of aliphatic hydroxyl groups is 1. The first kappa shape index (κ1) is 20.1. The van der Waals surface area contributed by atoms with Gasteiger partial charge >= 0.3 is 0 Å². The highest BCUT2D eigenvalue weighted by Crippen LogP contribution is 2.29. The number of aromatic nitrogens is 5. The quantitative estimate of drug-likeness (QED) is 0.487. The number of nitrogens with zero attached hydrogens (tertiary/aromatic N) is 7. The molecule has 1 saturated heterocycles. The van der Waals surface area contributed by atoms with Crippen molar-refractivity contribution in [1.82, 2.24) is 24.7 Å². The highest BCUT2D eigenvalue weighted by atomic mass is 35.5. The Morgan fingerprint density at radius 3 is 2.75 bits per heavy atom. The van der Waals surface area contributed by atoms with Crippen LogP contribution in [0.4, 0.5) is 21.8 Å². The number of benzene rings is 1. The summed E-state index contributed by atoms with van der Waals surface area (Å²) in [5.41, 5.74) is 0.751. The number of hydrogen-bond acceptors (Lipinski definition) is 8. The SMILES string of the molecule is N#Cc1cc(F)c(-n2ncc3cnc(Nc4cc(N5CC[C@H](O)C5)ncn4)cc32)c(Cl)c1. The molecule has 4 aromatic rings. The summed E-state index contributed by atoms with van der Waals surface area (Å²) in [6.07, 6.45) is 4.94. The van der Waals surface area contributed by atoms with Crippen LogP contribution in [0.1, 0.15) is 12.0 Å². The van der Waals surface area contributed by atoms with E-state index >= 15 is 0 Å². The van der Waals surface area contributed by atoms with E-state index in [1.807, 2.05) is 11.0 Å². The van der Waals surface area contributed by atoms with Crippen molar-refractivity contribution in [2.45, 2.75) is 12.5 Å². The molecule has 0 amide bonds. The molecule has 1 atom stereocenters. The molecule has 0 saturated carbocycles. The fraction of sp³-hybridized carbons (Fsp3) is 0.190. The van der Waals surface area contributed by atoms with Crippen LogP contribution in [0, 0.1) is 17.1 Å². The zero-order chi connectivity index (χ0) is 22.2. The van der Waals surface area contributed by atoms with Gasteiger partial charge in [0.2, 0.25) is 0 Å². The standard InChI is InChI=1S/C21H16ClFN8O/c22-15-3-12(7-24)4-16(23)21(15)31-17-5-18(25-8-13(17)9-28-31)29-19-6-20(27-11-26-19)30-2-1-14(32)10-30/h3-6,8-9,11,14,32H,1-2,10H2,(H,25,26,27,29)/t14-/m0/s1. The number of nitriles is 1. The minimum absolute atomic E-state index is 0.0507. The van der Waals surface area contributed by atoms with Gasteiger partial charge in [-0.2, -0.15) is 10.4 Å². The lowest BCUT2D eigenvalue weighted by atomic mass is 10.2. The number of nitrogens with one attached hydrogen (secondary N) is 1. The molecule has 0 unspecified atom stereocenters. The predicted octanol–water partition coefficient (Wildman–Crippen LogP) is 3.19. The number of halogens is 2. The van der Waals surface area contributed by atoms with Gasteiger partial charge in [-0.1, -0.05) is 11.6 Å². The number of rotatable bonds is 4. The van der Waals surface area contributed by atoms with Crippen molar-refractivity contribution < 1.29 is 9.50 Å². The number of pyridine rings is 1. The molecule has 1 aromatic carbocycles. The smallest absolute Gasteiger partial charge is 0.151 e. The van der Waals surface area contributed by atoms with Crippen molar-refractivity contribution in [3.05, 3.63) is 59.4 Å². The number of β-amino-alcohol motifs (C(OH)–C–C–N with tert-alkyl or cyclic N) is 1. The molecule has 5 rings (SSSR count). The van der Waals surface area contributed by atoms with Crippen molar-refractivity contribution >= 4 is 40.0 Å². The van der Waals surface area contributed by atoms with E-state index in [0.29, 0.717) is 41.3 Å². The molecule has 4 heterocycles. The van der Waals surface area contributed by atoms with E-state index in [4.69, 9.17) is 16.9 Å². The van der Waals surface area contributed by atoms with Gasteiger partial charge in [0, 0.05) is 36.8 Å². The summed E-state index contributed by atoms with van der Waals surface area (Å²) in [5.74, 6) is 1.04. The van der Waals surface area contributed by atoms with E-state index in [1.165, 1.54) is 17.1 Å². The van der Waals surface area contributed by atoms with Crippen LogP contribution < -0.4 is 10.2 Å². The van der Waals surface area contributed by atoms with Crippen LogP contribution >= 0.6 is 11.6 Å². The number of aliphatic hydroxyl groups excluding tert-OH is 1. The first-order valence-electron chi connectivity index (χ1n) is 9.77. The van der Waals surface area contributed by atoms with Gasteiger partial charge in [0.1, 0.15) is 29.5 Å². The van der Waals surface area contributed by atoms with Gasteiger partial charge in [0.15, 0.2) is 5.82 Å². The summed E-state index contributed by atoms with van der Waals surface area (Å²) >= 11 is 6.24. The van der Waals surface area contributed by atoms with Crippen molar-refractivity contribution in [2.24, 2.45) is 0 Å². The van der Waals surface area contributed by atoms with E-state index in [0.717, 1.165) is 12.6 Å². The molecule has 9 nitrogen and oxygen atoms in total. The molecule has 3 aromatic heterocycles. The predicted molar refractivity (Wildman–Crippen MR) is 117 cm³/mol. The molecule has 11 heteroatoms. The van der Waals surface area contributed by atoms with Crippen molar-refractivity contribution in [3.8, 4) is 11.8 Å². The average Bonchev–Trinajstić information content (AvgIpc) is 3.40. The van der Waals surface area contributed by atoms with Gasteiger partial charge in [-0.25, -0.2) is 24.0 Å². The van der Waals surface area contributed by atoms with Gasteiger partial charge < -0.3 is 15.3 Å². The second-order valence-electron chi connectivity index (χ2n) is 7.36.